The van der Waals surface area contributed by atoms with Crippen LogP contribution in [-0.2, 0) is 9.59 Å². The van der Waals surface area contributed by atoms with Gasteiger partial charge in [0.05, 0.1) is 0 Å². The molecule has 1 atom stereocenters. The van der Waals surface area contributed by atoms with Crippen LogP contribution >= 0.6 is 0 Å². The van der Waals surface area contributed by atoms with Crippen LogP contribution in [0.1, 0.15) is 12.8 Å². The van der Waals surface area contributed by atoms with Crippen LogP contribution in [0.5, 0.6) is 0 Å². The van der Waals surface area contributed by atoms with Gasteiger partial charge in [-0.3, -0.25) is 9.59 Å². The standard InChI is InChI=1S/C12H19N3O2/c1-2-11(16)15-7-3-4-10(15)12(17)14-8-5-13-6-9-14/h2,10,13H,1,3-9H2. The number of carbonyl (C=O) groups is 2. The maximum absolute atomic E-state index is 12.3. The average Bonchev–Trinajstić information content (AvgIpc) is 2.87. The molecule has 2 aliphatic rings. The van der Waals surface area contributed by atoms with Crippen LogP contribution in [0.3, 0.4) is 0 Å². The monoisotopic (exact) mass is 237 g/mol. The van der Waals surface area contributed by atoms with Crippen molar-refractivity contribution >= 4 is 11.8 Å². The molecule has 0 aromatic carbocycles. The largest absolute Gasteiger partial charge is 0.338 e. The first-order chi connectivity index (χ1) is 8.24. The summed E-state index contributed by atoms with van der Waals surface area (Å²) < 4.78 is 0. The van der Waals surface area contributed by atoms with E-state index in [4.69, 9.17) is 0 Å². The summed E-state index contributed by atoms with van der Waals surface area (Å²) in [5.74, 6) is -0.0322. The van der Waals surface area contributed by atoms with Crippen molar-refractivity contribution in [2.24, 2.45) is 0 Å². The van der Waals surface area contributed by atoms with Crippen LogP contribution in [0.4, 0.5) is 0 Å². The van der Waals surface area contributed by atoms with E-state index in [-0.39, 0.29) is 17.9 Å². The Morgan fingerprint density at radius 3 is 2.59 bits per heavy atom. The van der Waals surface area contributed by atoms with Gasteiger partial charge in [0.2, 0.25) is 11.8 Å². The number of nitrogens with zero attached hydrogens (tertiary/aromatic N) is 2. The number of hydrogen-bond donors (Lipinski definition) is 1. The number of carbonyl (C=O) groups excluding carboxylic acids is 2. The van der Waals surface area contributed by atoms with E-state index in [9.17, 15) is 9.59 Å². The first-order valence-corrected chi connectivity index (χ1v) is 6.16. The number of likely N-dealkylation sites (tertiary alicyclic amines) is 1. The molecule has 2 heterocycles. The smallest absolute Gasteiger partial charge is 0.246 e. The molecule has 1 N–H and O–H groups in total. The van der Waals surface area contributed by atoms with Crippen LogP contribution in [-0.4, -0.2) is 60.4 Å². The molecule has 0 bridgehead atoms. The Bertz CT molecular complexity index is 324. The molecule has 1 unspecified atom stereocenters. The van der Waals surface area contributed by atoms with E-state index in [1.165, 1.54) is 6.08 Å². The molecule has 2 saturated heterocycles. The molecule has 5 heteroatoms. The lowest BCUT2D eigenvalue weighted by Crippen LogP contribution is -2.53. The van der Waals surface area contributed by atoms with Gasteiger partial charge in [0.15, 0.2) is 0 Å². The number of nitrogens with one attached hydrogen (secondary N) is 1. The van der Waals surface area contributed by atoms with Crippen LogP contribution in [0.2, 0.25) is 0 Å². The third-order valence-corrected chi connectivity index (χ3v) is 3.42. The van der Waals surface area contributed by atoms with Crippen LogP contribution in [0, 0.1) is 0 Å². The quantitative estimate of drug-likeness (QED) is 0.665. The molecule has 0 radical (unpaired) electrons. The van der Waals surface area contributed by atoms with Gasteiger partial charge in [-0.05, 0) is 18.9 Å². The Hall–Kier alpha value is -1.36. The van der Waals surface area contributed by atoms with Gasteiger partial charge >= 0.3 is 0 Å². The van der Waals surface area contributed by atoms with E-state index in [0.29, 0.717) is 6.54 Å². The number of rotatable bonds is 2. The van der Waals surface area contributed by atoms with Crippen molar-refractivity contribution in [3.63, 3.8) is 0 Å². The topological polar surface area (TPSA) is 52.7 Å². The minimum absolute atomic E-state index is 0.0965. The van der Waals surface area contributed by atoms with E-state index < -0.39 is 0 Å². The molecule has 2 rings (SSSR count). The van der Waals surface area contributed by atoms with E-state index in [1.807, 2.05) is 4.90 Å². The molecule has 0 spiro atoms. The third-order valence-electron chi connectivity index (χ3n) is 3.42. The summed E-state index contributed by atoms with van der Waals surface area (Å²) in [7, 11) is 0. The van der Waals surface area contributed by atoms with Gasteiger partial charge in [-0.25, -0.2) is 0 Å². The summed E-state index contributed by atoms with van der Waals surface area (Å²) in [6.07, 6.45) is 2.98. The fraction of sp³-hybridized carbons (Fsp3) is 0.667. The molecule has 0 aromatic rings. The van der Waals surface area contributed by atoms with Gasteiger partial charge in [-0.2, -0.15) is 0 Å². The average molecular weight is 237 g/mol. The lowest BCUT2D eigenvalue weighted by Gasteiger charge is -2.32. The van der Waals surface area contributed by atoms with E-state index >= 15 is 0 Å². The fourth-order valence-corrected chi connectivity index (χ4v) is 2.50. The summed E-state index contributed by atoms with van der Waals surface area (Å²) in [6.45, 7) is 7.32. The van der Waals surface area contributed by atoms with E-state index in [2.05, 4.69) is 11.9 Å². The van der Waals surface area contributed by atoms with Gasteiger partial charge < -0.3 is 15.1 Å². The van der Waals surface area contributed by atoms with Crippen LogP contribution in [0.25, 0.3) is 0 Å². The highest BCUT2D eigenvalue weighted by atomic mass is 16.2. The minimum Gasteiger partial charge on any atom is -0.338 e. The Kier molecular flexibility index (Phi) is 3.78. The fourth-order valence-electron chi connectivity index (χ4n) is 2.50. The minimum atomic E-state index is -0.265. The number of hydrogen-bond acceptors (Lipinski definition) is 3. The van der Waals surface area contributed by atoms with Crippen molar-refractivity contribution in [3.8, 4) is 0 Å². The molecule has 2 amide bonds. The second kappa shape index (κ2) is 5.31. The normalized spacial score (nSPS) is 24.8. The van der Waals surface area contributed by atoms with Gasteiger partial charge in [-0.1, -0.05) is 6.58 Å². The molecule has 2 fully saturated rings. The Morgan fingerprint density at radius 1 is 1.24 bits per heavy atom. The molecular weight excluding hydrogens is 218 g/mol. The zero-order chi connectivity index (χ0) is 12.3. The summed E-state index contributed by atoms with van der Waals surface area (Å²) in [5, 5.41) is 3.21. The maximum atomic E-state index is 12.3. The highest BCUT2D eigenvalue weighted by molar-refractivity contribution is 5.93. The summed E-state index contributed by atoms with van der Waals surface area (Å²) >= 11 is 0. The summed E-state index contributed by atoms with van der Waals surface area (Å²) in [5.41, 5.74) is 0. The van der Waals surface area contributed by atoms with Crippen LogP contribution < -0.4 is 5.32 Å². The first-order valence-electron chi connectivity index (χ1n) is 6.16. The SMILES string of the molecule is C=CC(=O)N1CCCC1C(=O)N1CCNCC1. The Balaban J connectivity index is 2.02. The Morgan fingerprint density at radius 2 is 1.94 bits per heavy atom. The van der Waals surface area contributed by atoms with Gasteiger partial charge in [0.25, 0.3) is 0 Å². The summed E-state index contributed by atoms with van der Waals surface area (Å²) in [6, 6.07) is -0.265. The molecule has 94 valence electrons. The molecule has 0 aliphatic carbocycles. The number of piperazine rings is 1. The second-order valence-corrected chi connectivity index (χ2v) is 4.47. The Labute approximate surface area is 101 Å². The zero-order valence-electron chi connectivity index (χ0n) is 10.0. The molecule has 2 aliphatic heterocycles. The summed E-state index contributed by atoms with van der Waals surface area (Å²) in [4.78, 5) is 27.4. The highest BCUT2D eigenvalue weighted by Gasteiger charge is 2.35. The van der Waals surface area contributed by atoms with E-state index in [0.717, 1.165) is 39.0 Å². The lowest BCUT2D eigenvalue weighted by atomic mass is 10.1. The van der Waals surface area contributed by atoms with Gasteiger partial charge in [0.1, 0.15) is 6.04 Å². The van der Waals surface area contributed by atoms with Crippen molar-refractivity contribution in [2.75, 3.05) is 32.7 Å². The molecule has 5 nitrogen and oxygen atoms in total. The van der Waals surface area contributed by atoms with Crippen molar-refractivity contribution in [3.05, 3.63) is 12.7 Å². The molecular formula is C12H19N3O2. The predicted octanol–water partition coefficient (Wildman–Crippen LogP) is -0.405. The zero-order valence-corrected chi connectivity index (χ0v) is 10.0. The van der Waals surface area contributed by atoms with Gasteiger partial charge in [0, 0.05) is 32.7 Å². The predicted molar refractivity (Wildman–Crippen MR) is 64.4 cm³/mol. The van der Waals surface area contributed by atoms with Crippen molar-refractivity contribution < 1.29 is 9.59 Å². The van der Waals surface area contributed by atoms with Crippen LogP contribution in [0.15, 0.2) is 12.7 Å². The van der Waals surface area contributed by atoms with Crippen molar-refractivity contribution in [1.82, 2.24) is 15.1 Å². The molecule has 0 saturated carbocycles. The van der Waals surface area contributed by atoms with Gasteiger partial charge in [-0.15, -0.1) is 0 Å². The lowest BCUT2D eigenvalue weighted by molar-refractivity contribution is -0.142. The van der Waals surface area contributed by atoms with E-state index in [1.54, 1.807) is 4.90 Å². The maximum Gasteiger partial charge on any atom is 0.246 e. The second-order valence-electron chi connectivity index (χ2n) is 4.47. The number of amides is 2. The molecule has 0 aromatic heterocycles. The highest BCUT2D eigenvalue weighted by Crippen LogP contribution is 2.19. The molecule has 17 heavy (non-hydrogen) atoms. The van der Waals surface area contributed by atoms with Crippen molar-refractivity contribution in [2.45, 2.75) is 18.9 Å². The van der Waals surface area contributed by atoms with Crippen molar-refractivity contribution in [1.29, 1.82) is 0 Å². The third kappa shape index (κ3) is 2.49. The first kappa shape index (κ1) is 12.1.